The van der Waals surface area contributed by atoms with E-state index >= 15 is 0 Å². The van der Waals surface area contributed by atoms with E-state index in [-0.39, 0.29) is 0 Å². The molecular formula is C28H58O6S. The standard InChI is InChI=1S/C28H58O6S/c1-5-7-9-11-13-15-17-19-21-23-27(25(3)29)33-35(31,32)34-28(26(4)30)24-22-20-18-16-14-12-10-8-6-2/h25-30H,5-24H2,1-4H3. The van der Waals surface area contributed by atoms with Crippen molar-refractivity contribution < 1.29 is 27.0 Å². The van der Waals surface area contributed by atoms with Gasteiger partial charge in [-0.1, -0.05) is 129 Å². The zero-order valence-corrected chi connectivity index (χ0v) is 24.2. The molecule has 0 amide bonds. The first-order chi connectivity index (χ1) is 16.7. The molecule has 0 saturated heterocycles. The molecule has 0 radical (unpaired) electrons. The predicted molar refractivity (Wildman–Crippen MR) is 146 cm³/mol. The Hall–Kier alpha value is -0.210. The van der Waals surface area contributed by atoms with Crippen LogP contribution in [-0.2, 0) is 18.8 Å². The van der Waals surface area contributed by atoms with Gasteiger partial charge < -0.3 is 10.2 Å². The maximum Gasteiger partial charge on any atom is 0.400 e. The van der Waals surface area contributed by atoms with Crippen LogP contribution in [0.4, 0.5) is 0 Å². The topological polar surface area (TPSA) is 93.1 Å². The second-order valence-corrected chi connectivity index (χ2v) is 11.6. The lowest BCUT2D eigenvalue weighted by Crippen LogP contribution is -2.34. The van der Waals surface area contributed by atoms with Gasteiger partial charge in [0.05, 0.1) is 12.2 Å². The molecule has 0 aromatic heterocycles. The van der Waals surface area contributed by atoms with Crippen molar-refractivity contribution in [2.45, 2.75) is 181 Å². The van der Waals surface area contributed by atoms with Gasteiger partial charge in [-0.2, -0.15) is 8.42 Å². The molecule has 35 heavy (non-hydrogen) atoms. The van der Waals surface area contributed by atoms with Crippen molar-refractivity contribution in [2.75, 3.05) is 0 Å². The number of hydrogen-bond donors (Lipinski definition) is 2. The summed E-state index contributed by atoms with van der Waals surface area (Å²) in [5.74, 6) is 0. The van der Waals surface area contributed by atoms with E-state index < -0.39 is 34.8 Å². The lowest BCUT2D eigenvalue weighted by atomic mass is 10.0. The number of hydrogen-bond acceptors (Lipinski definition) is 6. The molecule has 0 aliphatic rings. The quantitative estimate of drug-likeness (QED) is 0.114. The van der Waals surface area contributed by atoms with Gasteiger partial charge in [0.15, 0.2) is 0 Å². The van der Waals surface area contributed by atoms with Crippen LogP contribution in [0.5, 0.6) is 0 Å². The Morgan fingerprint density at radius 3 is 1.03 bits per heavy atom. The highest BCUT2D eigenvalue weighted by Crippen LogP contribution is 2.20. The van der Waals surface area contributed by atoms with Crippen LogP contribution in [0.2, 0.25) is 0 Å². The Morgan fingerprint density at radius 2 is 0.771 bits per heavy atom. The Labute approximate surface area is 217 Å². The van der Waals surface area contributed by atoms with E-state index in [9.17, 15) is 18.6 Å². The molecule has 0 bridgehead atoms. The van der Waals surface area contributed by atoms with Gasteiger partial charge in [0.2, 0.25) is 0 Å². The normalized spacial score (nSPS) is 15.7. The van der Waals surface area contributed by atoms with Crippen molar-refractivity contribution in [1.29, 1.82) is 0 Å². The first kappa shape index (κ1) is 34.8. The summed E-state index contributed by atoms with van der Waals surface area (Å²) in [6, 6.07) is 0. The van der Waals surface area contributed by atoms with Gasteiger partial charge in [0.1, 0.15) is 12.2 Å². The summed E-state index contributed by atoms with van der Waals surface area (Å²) in [6.07, 6.45) is 18.5. The fraction of sp³-hybridized carbons (Fsp3) is 1.00. The molecule has 0 spiro atoms. The average molecular weight is 523 g/mol. The SMILES string of the molecule is CCCCCCCCCCCC(OS(=O)(=O)OC(CCCCCCCCCCC)C(C)O)C(C)O. The minimum atomic E-state index is -4.31. The molecule has 0 aromatic carbocycles. The van der Waals surface area contributed by atoms with Crippen LogP contribution in [-0.4, -0.2) is 43.0 Å². The van der Waals surface area contributed by atoms with E-state index in [1.54, 1.807) is 13.8 Å². The predicted octanol–water partition coefficient (Wildman–Crippen LogP) is 7.61. The third-order valence-electron chi connectivity index (χ3n) is 6.74. The minimum Gasteiger partial charge on any atom is -0.391 e. The third kappa shape index (κ3) is 21.6. The number of unbranched alkanes of at least 4 members (excludes halogenated alkanes) is 16. The largest absolute Gasteiger partial charge is 0.400 e. The summed E-state index contributed by atoms with van der Waals surface area (Å²) in [5.41, 5.74) is 0. The van der Waals surface area contributed by atoms with E-state index in [2.05, 4.69) is 13.8 Å². The van der Waals surface area contributed by atoms with Gasteiger partial charge >= 0.3 is 10.4 Å². The van der Waals surface area contributed by atoms with Gasteiger partial charge in [-0.25, -0.2) is 8.37 Å². The summed E-state index contributed by atoms with van der Waals surface area (Å²) in [4.78, 5) is 0. The van der Waals surface area contributed by atoms with Crippen molar-refractivity contribution in [3.05, 3.63) is 0 Å². The Morgan fingerprint density at radius 1 is 0.514 bits per heavy atom. The summed E-state index contributed by atoms with van der Waals surface area (Å²) in [5, 5.41) is 20.1. The van der Waals surface area contributed by atoms with Gasteiger partial charge in [-0.05, 0) is 26.7 Å². The van der Waals surface area contributed by atoms with Crippen LogP contribution >= 0.6 is 0 Å². The Bertz CT molecular complexity index is 508. The highest BCUT2D eigenvalue weighted by atomic mass is 32.3. The molecule has 0 rings (SSSR count). The molecule has 0 heterocycles. The van der Waals surface area contributed by atoms with Gasteiger partial charge in [-0.15, -0.1) is 0 Å². The summed E-state index contributed by atoms with van der Waals surface area (Å²) >= 11 is 0. The third-order valence-corrected chi connectivity index (χ3v) is 7.71. The lowest BCUT2D eigenvalue weighted by Gasteiger charge is -2.23. The maximum atomic E-state index is 12.5. The highest BCUT2D eigenvalue weighted by molar-refractivity contribution is 7.81. The summed E-state index contributed by atoms with van der Waals surface area (Å²) in [7, 11) is -4.31. The number of aliphatic hydroxyl groups is 2. The smallest absolute Gasteiger partial charge is 0.391 e. The summed E-state index contributed by atoms with van der Waals surface area (Å²) in [6.45, 7) is 7.52. The fourth-order valence-electron chi connectivity index (χ4n) is 4.38. The second kappa shape index (κ2) is 22.9. The molecule has 0 fully saturated rings. The zero-order chi connectivity index (χ0) is 26.4. The van der Waals surface area contributed by atoms with E-state index in [1.165, 1.54) is 77.0 Å². The molecular weight excluding hydrogens is 464 g/mol. The molecule has 0 aliphatic carbocycles. The van der Waals surface area contributed by atoms with Crippen LogP contribution in [0.25, 0.3) is 0 Å². The van der Waals surface area contributed by atoms with Crippen LogP contribution in [0.1, 0.15) is 156 Å². The highest BCUT2D eigenvalue weighted by Gasteiger charge is 2.29. The average Bonchev–Trinajstić information content (AvgIpc) is 2.80. The molecule has 0 aliphatic heterocycles. The summed E-state index contributed by atoms with van der Waals surface area (Å²) < 4.78 is 35.5. The Balaban J connectivity index is 4.27. The van der Waals surface area contributed by atoms with Crippen molar-refractivity contribution in [3.63, 3.8) is 0 Å². The number of aliphatic hydroxyl groups excluding tert-OH is 2. The van der Waals surface area contributed by atoms with Crippen molar-refractivity contribution in [3.8, 4) is 0 Å². The monoisotopic (exact) mass is 522 g/mol. The van der Waals surface area contributed by atoms with Crippen LogP contribution in [0, 0.1) is 0 Å². The molecule has 212 valence electrons. The van der Waals surface area contributed by atoms with Crippen LogP contribution in [0.15, 0.2) is 0 Å². The molecule has 0 saturated carbocycles. The lowest BCUT2D eigenvalue weighted by molar-refractivity contribution is 0.00347. The van der Waals surface area contributed by atoms with Crippen LogP contribution in [0.3, 0.4) is 0 Å². The van der Waals surface area contributed by atoms with E-state index in [1.807, 2.05) is 0 Å². The van der Waals surface area contributed by atoms with E-state index in [0.29, 0.717) is 12.8 Å². The minimum absolute atomic E-state index is 0.466. The first-order valence-corrected chi connectivity index (χ1v) is 16.0. The van der Waals surface area contributed by atoms with Crippen molar-refractivity contribution in [2.24, 2.45) is 0 Å². The maximum absolute atomic E-state index is 12.5. The zero-order valence-electron chi connectivity index (χ0n) is 23.4. The molecule has 6 nitrogen and oxygen atoms in total. The molecule has 4 unspecified atom stereocenters. The number of rotatable bonds is 26. The van der Waals surface area contributed by atoms with Crippen molar-refractivity contribution in [1.82, 2.24) is 0 Å². The molecule has 4 atom stereocenters. The van der Waals surface area contributed by atoms with Crippen molar-refractivity contribution >= 4 is 10.4 Å². The molecule has 0 aromatic rings. The molecule has 7 heteroatoms. The van der Waals surface area contributed by atoms with Gasteiger partial charge in [0, 0.05) is 0 Å². The van der Waals surface area contributed by atoms with Gasteiger partial charge in [0.25, 0.3) is 0 Å². The second-order valence-electron chi connectivity index (χ2n) is 10.4. The van der Waals surface area contributed by atoms with E-state index in [4.69, 9.17) is 8.37 Å². The van der Waals surface area contributed by atoms with Gasteiger partial charge in [-0.3, -0.25) is 0 Å². The van der Waals surface area contributed by atoms with Crippen LogP contribution < -0.4 is 0 Å². The van der Waals surface area contributed by atoms with E-state index in [0.717, 1.165) is 38.5 Å². The fourth-order valence-corrected chi connectivity index (χ4v) is 5.54. The first-order valence-electron chi connectivity index (χ1n) is 14.7. The molecule has 2 N–H and O–H groups in total. The Kier molecular flexibility index (Phi) is 22.8.